The Morgan fingerprint density at radius 1 is 1.17 bits per heavy atom. The zero-order valence-electron chi connectivity index (χ0n) is 16.4. The third-order valence-corrected chi connectivity index (χ3v) is 6.09. The summed E-state index contributed by atoms with van der Waals surface area (Å²) in [6.45, 7) is 0.834. The smallest absolute Gasteiger partial charge is 0.276 e. The van der Waals surface area contributed by atoms with Gasteiger partial charge in [0.25, 0.3) is 5.91 Å². The molecule has 0 unspecified atom stereocenters. The fourth-order valence-electron chi connectivity index (χ4n) is 3.45. The van der Waals surface area contributed by atoms with Crippen molar-refractivity contribution in [2.75, 3.05) is 20.7 Å². The topological polar surface area (TPSA) is 37.7 Å². The summed E-state index contributed by atoms with van der Waals surface area (Å²) in [6, 6.07) is 12.3. The van der Waals surface area contributed by atoms with Gasteiger partial charge in [-0.05, 0) is 48.6 Å². The molecular weight excluding hydrogens is 469 g/mol. The normalized spacial score (nSPS) is 15.7. The van der Waals surface area contributed by atoms with Crippen LogP contribution in [0.2, 0.25) is 0 Å². The number of likely N-dealkylation sites (N-methyl/N-ethyl adjacent to an activating group) is 2. The second-order valence-electron chi connectivity index (χ2n) is 6.95. The molecule has 0 aliphatic carbocycles. The third kappa shape index (κ3) is 3.73. The van der Waals surface area contributed by atoms with Crippen molar-refractivity contribution in [3.63, 3.8) is 0 Å². The van der Waals surface area contributed by atoms with Gasteiger partial charge in [0.05, 0.1) is 6.54 Å². The van der Waals surface area contributed by atoms with Gasteiger partial charge in [-0.1, -0.05) is 28.1 Å². The Morgan fingerprint density at radius 2 is 1.93 bits per heavy atom. The number of benzene rings is 2. The minimum absolute atomic E-state index is 0.138. The molecule has 0 atom stereocenters. The summed E-state index contributed by atoms with van der Waals surface area (Å²) in [7, 11) is 3.45. The molecule has 8 heteroatoms. The van der Waals surface area contributed by atoms with Crippen LogP contribution in [0.4, 0.5) is 4.39 Å². The molecule has 0 spiro atoms. The first-order valence-electron chi connectivity index (χ1n) is 9.30. The van der Waals surface area contributed by atoms with Crippen LogP contribution in [-0.2, 0) is 11.3 Å². The van der Waals surface area contributed by atoms with Gasteiger partial charge in [-0.25, -0.2) is 4.39 Å². The van der Waals surface area contributed by atoms with E-state index >= 15 is 0 Å². The number of ether oxygens (including phenoxy) is 1. The second kappa shape index (κ2) is 8.20. The Morgan fingerprint density at radius 3 is 2.63 bits per heavy atom. The van der Waals surface area contributed by atoms with Crippen LogP contribution in [0.1, 0.15) is 5.56 Å². The van der Waals surface area contributed by atoms with E-state index in [-0.39, 0.29) is 17.5 Å². The summed E-state index contributed by atoms with van der Waals surface area (Å²) < 4.78 is 22.4. The lowest BCUT2D eigenvalue weighted by Gasteiger charge is -2.10. The number of amides is 1. The average Bonchev–Trinajstić information content (AvgIpc) is 3.15. The van der Waals surface area contributed by atoms with Crippen LogP contribution < -0.4 is 4.74 Å². The molecule has 1 aliphatic rings. The number of aromatic nitrogens is 1. The van der Waals surface area contributed by atoms with Crippen LogP contribution >= 0.6 is 28.1 Å². The highest BCUT2D eigenvalue weighted by atomic mass is 79.9. The molecule has 0 saturated carbocycles. The van der Waals surface area contributed by atoms with Crippen molar-refractivity contribution in [3.05, 3.63) is 70.2 Å². The molecule has 1 fully saturated rings. The van der Waals surface area contributed by atoms with E-state index in [2.05, 4.69) is 15.9 Å². The van der Waals surface area contributed by atoms with Gasteiger partial charge in [-0.2, -0.15) is 0 Å². The Bertz CT molecular complexity index is 1190. The van der Waals surface area contributed by atoms with Crippen molar-refractivity contribution in [2.45, 2.75) is 6.54 Å². The lowest BCUT2D eigenvalue weighted by atomic mass is 10.1. The molecule has 154 valence electrons. The fourth-order valence-corrected chi connectivity index (χ4v) is 3.99. The molecule has 4 rings (SSSR count). The quantitative estimate of drug-likeness (QED) is 0.387. The maximum atomic E-state index is 13.8. The van der Waals surface area contributed by atoms with Gasteiger partial charge in [0.2, 0.25) is 0 Å². The van der Waals surface area contributed by atoms with Gasteiger partial charge < -0.3 is 14.2 Å². The molecule has 2 aromatic carbocycles. The third-order valence-electron chi connectivity index (χ3n) is 5.05. The highest BCUT2D eigenvalue weighted by Crippen LogP contribution is 2.29. The van der Waals surface area contributed by atoms with Crippen LogP contribution in [0, 0.1) is 5.82 Å². The summed E-state index contributed by atoms with van der Waals surface area (Å²) in [5.41, 5.74) is 2.40. The molecule has 30 heavy (non-hydrogen) atoms. The van der Waals surface area contributed by atoms with Crippen molar-refractivity contribution >= 4 is 56.1 Å². The number of carbonyl (C=O) groups is 1. The zero-order chi connectivity index (χ0) is 21.4. The number of hydrogen-bond donors (Lipinski definition) is 0. The molecule has 0 N–H and O–H groups in total. The van der Waals surface area contributed by atoms with Gasteiger partial charge in [-0.3, -0.25) is 9.69 Å². The highest BCUT2D eigenvalue weighted by Gasteiger charge is 2.33. The molecule has 2 heterocycles. The van der Waals surface area contributed by atoms with E-state index in [0.717, 1.165) is 20.9 Å². The number of nitrogens with zero attached hydrogens (tertiary/aromatic N) is 3. The summed E-state index contributed by atoms with van der Waals surface area (Å²) >= 11 is 8.82. The van der Waals surface area contributed by atoms with Gasteiger partial charge in [-0.15, -0.1) is 0 Å². The van der Waals surface area contributed by atoms with Crippen molar-refractivity contribution in [1.82, 2.24) is 14.4 Å². The van der Waals surface area contributed by atoms with Crippen molar-refractivity contribution < 1.29 is 13.9 Å². The SMILES string of the molecule is CN1C(=O)/C(=C/c2cn(CCOc3ccccc3F)c3ccc(Br)cc23)N(C)C1=S. The van der Waals surface area contributed by atoms with Gasteiger partial charge in [0, 0.05) is 41.2 Å². The Labute approximate surface area is 187 Å². The minimum Gasteiger partial charge on any atom is -0.489 e. The average molecular weight is 488 g/mol. The fraction of sp³-hybridized carbons (Fsp3) is 0.182. The summed E-state index contributed by atoms with van der Waals surface area (Å²) in [5, 5.41) is 1.46. The number of rotatable bonds is 5. The first-order valence-corrected chi connectivity index (χ1v) is 10.5. The van der Waals surface area contributed by atoms with Crippen molar-refractivity contribution in [1.29, 1.82) is 0 Å². The lowest BCUT2D eigenvalue weighted by Crippen LogP contribution is -2.26. The largest absolute Gasteiger partial charge is 0.489 e. The van der Waals surface area contributed by atoms with Crippen LogP contribution in [0.3, 0.4) is 0 Å². The van der Waals surface area contributed by atoms with Gasteiger partial charge >= 0.3 is 0 Å². The molecule has 1 aliphatic heterocycles. The van der Waals surface area contributed by atoms with E-state index in [9.17, 15) is 9.18 Å². The molecule has 1 saturated heterocycles. The molecule has 1 aromatic heterocycles. The predicted octanol–water partition coefficient (Wildman–Crippen LogP) is 4.65. The lowest BCUT2D eigenvalue weighted by molar-refractivity contribution is -0.121. The number of carbonyl (C=O) groups excluding carboxylic acids is 1. The number of thiocarbonyl (C=S) groups is 1. The first-order chi connectivity index (χ1) is 14.4. The van der Waals surface area contributed by atoms with E-state index in [4.69, 9.17) is 17.0 Å². The molecular formula is C22H19BrFN3O2S. The maximum absolute atomic E-state index is 13.8. The van der Waals surface area contributed by atoms with E-state index in [1.165, 1.54) is 11.0 Å². The second-order valence-corrected chi connectivity index (χ2v) is 8.23. The summed E-state index contributed by atoms with van der Waals surface area (Å²) in [4.78, 5) is 15.7. The van der Waals surface area contributed by atoms with Gasteiger partial charge in [0.15, 0.2) is 16.7 Å². The predicted molar refractivity (Wildman–Crippen MR) is 123 cm³/mol. The van der Waals surface area contributed by atoms with Crippen molar-refractivity contribution in [3.8, 4) is 5.75 Å². The van der Waals surface area contributed by atoms with Crippen LogP contribution in [-0.4, -0.2) is 46.1 Å². The summed E-state index contributed by atoms with van der Waals surface area (Å²) in [5.74, 6) is -0.290. The monoisotopic (exact) mass is 487 g/mol. The molecule has 3 aromatic rings. The van der Waals surface area contributed by atoms with Crippen LogP contribution in [0.5, 0.6) is 5.75 Å². The van der Waals surface area contributed by atoms with Gasteiger partial charge in [0.1, 0.15) is 12.3 Å². The Hall–Kier alpha value is -2.71. The number of hydrogen-bond acceptors (Lipinski definition) is 3. The number of para-hydroxylation sites is 1. The zero-order valence-corrected chi connectivity index (χ0v) is 18.8. The number of fused-ring (bicyclic) bond motifs is 1. The minimum atomic E-state index is -0.382. The molecule has 0 bridgehead atoms. The molecule has 1 amide bonds. The molecule has 5 nitrogen and oxygen atoms in total. The van der Waals surface area contributed by atoms with E-state index in [1.54, 1.807) is 37.2 Å². The summed E-state index contributed by atoms with van der Waals surface area (Å²) in [6.07, 6.45) is 3.82. The van der Waals surface area contributed by atoms with E-state index in [1.807, 2.05) is 35.0 Å². The van der Waals surface area contributed by atoms with E-state index in [0.29, 0.717) is 24.0 Å². The van der Waals surface area contributed by atoms with E-state index < -0.39 is 0 Å². The number of halogens is 2. The van der Waals surface area contributed by atoms with Crippen LogP contribution in [0.15, 0.2) is 58.8 Å². The van der Waals surface area contributed by atoms with Crippen LogP contribution in [0.25, 0.3) is 17.0 Å². The highest BCUT2D eigenvalue weighted by molar-refractivity contribution is 9.10. The standard InChI is InChI=1S/C22H19BrFN3O2S/c1-25-19(21(28)26(2)22(25)30)11-14-13-27(18-8-7-15(23)12-16(14)18)9-10-29-20-6-4-3-5-17(20)24/h3-8,11-13H,9-10H2,1-2H3/b19-11-. The van der Waals surface area contributed by atoms with Crippen molar-refractivity contribution in [2.24, 2.45) is 0 Å². The maximum Gasteiger partial charge on any atom is 0.276 e. The Kier molecular flexibility index (Phi) is 5.62. The molecule has 0 radical (unpaired) electrons. The first kappa shape index (κ1) is 20.6. The Balaban J connectivity index is 1.66.